The Bertz CT molecular complexity index is 405. The Morgan fingerprint density at radius 2 is 1.89 bits per heavy atom. The smallest absolute Gasteiger partial charge is 0.231 e. The summed E-state index contributed by atoms with van der Waals surface area (Å²) in [5.41, 5.74) is 2.51. The van der Waals surface area contributed by atoms with Gasteiger partial charge >= 0.3 is 0 Å². The zero-order chi connectivity index (χ0) is 13.0. The van der Waals surface area contributed by atoms with Crippen molar-refractivity contribution in [3.05, 3.63) is 23.3 Å². The quantitative estimate of drug-likeness (QED) is 0.756. The van der Waals surface area contributed by atoms with Crippen molar-refractivity contribution in [1.82, 2.24) is 10.6 Å². The molecule has 4 heteroatoms. The molecule has 1 heterocycles. The molecule has 0 unspecified atom stereocenters. The Labute approximate surface area is 109 Å². The van der Waals surface area contributed by atoms with E-state index in [9.17, 15) is 0 Å². The second-order valence-corrected chi connectivity index (χ2v) is 4.92. The molecule has 100 valence electrons. The van der Waals surface area contributed by atoms with Gasteiger partial charge in [0, 0.05) is 25.7 Å². The normalized spacial score (nSPS) is 13.3. The van der Waals surface area contributed by atoms with Crippen LogP contribution in [0.25, 0.3) is 0 Å². The van der Waals surface area contributed by atoms with Crippen molar-refractivity contribution in [2.75, 3.05) is 19.9 Å². The summed E-state index contributed by atoms with van der Waals surface area (Å²) in [5.74, 6) is 1.72. The minimum absolute atomic E-state index is 0.337. The highest BCUT2D eigenvalue weighted by molar-refractivity contribution is 5.48. The Hall–Kier alpha value is -1.26. The third-order valence-electron chi connectivity index (χ3n) is 3.00. The lowest BCUT2D eigenvalue weighted by Gasteiger charge is -2.11. The van der Waals surface area contributed by atoms with E-state index in [-0.39, 0.29) is 0 Å². The highest BCUT2D eigenvalue weighted by Gasteiger charge is 2.15. The molecule has 0 saturated heterocycles. The van der Waals surface area contributed by atoms with Gasteiger partial charge in [-0.1, -0.05) is 13.8 Å². The van der Waals surface area contributed by atoms with Crippen molar-refractivity contribution in [1.29, 1.82) is 0 Å². The van der Waals surface area contributed by atoms with E-state index in [4.69, 9.17) is 9.47 Å². The molecular weight excluding hydrogens is 228 g/mol. The molecule has 2 rings (SSSR count). The van der Waals surface area contributed by atoms with Gasteiger partial charge in [-0.15, -0.1) is 0 Å². The van der Waals surface area contributed by atoms with Crippen LogP contribution in [0, 0.1) is 6.92 Å². The fourth-order valence-corrected chi connectivity index (χ4v) is 1.95. The lowest BCUT2D eigenvalue weighted by Crippen LogP contribution is -2.31. The third kappa shape index (κ3) is 3.37. The van der Waals surface area contributed by atoms with Crippen molar-refractivity contribution in [2.45, 2.75) is 33.4 Å². The first kappa shape index (κ1) is 13.2. The van der Waals surface area contributed by atoms with Gasteiger partial charge in [0.1, 0.15) is 0 Å². The van der Waals surface area contributed by atoms with Crippen LogP contribution in [0.5, 0.6) is 11.5 Å². The lowest BCUT2D eigenvalue weighted by atomic mass is 10.1. The van der Waals surface area contributed by atoms with Crippen molar-refractivity contribution < 1.29 is 9.47 Å². The highest BCUT2D eigenvalue weighted by atomic mass is 16.7. The zero-order valence-corrected chi connectivity index (χ0v) is 11.4. The van der Waals surface area contributed by atoms with Crippen LogP contribution in [0.4, 0.5) is 0 Å². The van der Waals surface area contributed by atoms with Crippen LogP contribution in [0.3, 0.4) is 0 Å². The van der Waals surface area contributed by atoms with Gasteiger partial charge in [0.05, 0.1) is 0 Å². The fraction of sp³-hybridized carbons (Fsp3) is 0.571. The zero-order valence-electron chi connectivity index (χ0n) is 11.4. The number of rotatable bonds is 6. The Balaban J connectivity index is 1.82. The molecule has 0 atom stereocenters. The first-order valence-electron chi connectivity index (χ1n) is 6.50. The van der Waals surface area contributed by atoms with Gasteiger partial charge in [0.25, 0.3) is 0 Å². The van der Waals surface area contributed by atoms with Gasteiger partial charge in [-0.2, -0.15) is 0 Å². The van der Waals surface area contributed by atoms with Gasteiger partial charge < -0.3 is 20.1 Å². The number of nitrogens with one attached hydrogen (secondary N) is 2. The molecule has 0 saturated carbocycles. The summed E-state index contributed by atoms with van der Waals surface area (Å²) in [7, 11) is 0. The fourth-order valence-electron chi connectivity index (χ4n) is 1.95. The summed E-state index contributed by atoms with van der Waals surface area (Å²) in [4.78, 5) is 0. The van der Waals surface area contributed by atoms with E-state index in [0.29, 0.717) is 12.8 Å². The van der Waals surface area contributed by atoms with Crippen LogP contribution in [0.15, 0.2) is 12.1 Å². The van der Waals surface area contributed by atoms with Crippen LogP contribution < -0.4 is 20.1 Å². The average molecular weight is 250 g/mol. The summed E-state index contributed by atoms with van der Waals surface area (Å²) in [6.45, 7) is 9.56. The van der Waals surface area contributed by atoms with Crippen LogP contribution in [-0.4, -0.2) is 25.9 Å². The standard InChI is InChI=1S/C14H22N2O2/c1-10(2)16-5-4-15-8-12-7-14-13(6-11(12)3)17-9-18-14/h6-7,10,15-16H,4-5,8-9H2,1-3H3. The molecule has 1 aliphatic rings. The molecule has 0 bridgehead atoms. The van der Waals surface area contributed by atoms with E-state index in [1.54, 1.807) is 0 Å². The van der Waals surface area contributed by atoms with Crippen molar-refractivity contribution >= 4 is 0 Å². The Morgan fingerprint density at radius 1 is 1.17 bits per heavy atom. The monoisotopic (exact) mass is 250 g/mol. The van der Waals surface area contributed by atoms with Crippen molar-refractivity contribution in [3.63, 3.8) is 0 Å². The largest absolute Gasteiger partial charge is 0.454 e. The van der Waals surface area contributed by atoms with Gasteiger partial charge in [0.2, 0.25) is 6.79 Å². The molecule has 0 fully saturated rings. The molecule has 2 N–H and O–H groups in total. The maximum atomic E-state index is 5.39. The molecule has 4 nitrogen and oxygen atoms in total. The van der Waals surface area contributed by atoms with E-state index in [0.717, 1.165) is 31.1 Å². The van der Waals surface area contributed by atoms with Gasteiger partial charge in [-0.25, -0.2) is 0 Å². The van der Waals surface area contributed by atoms with Crippen LogP contribution in [-0.2, 0) is 6.54 Å². The molecule has 0 spiro atoms. The van der Waals surface area contributed by atoms with Crippen LogP contribution in [0.1, 0.15) is 25.0 Å². The minimum atomic E-state index is 0.337. The second kappa shape index (κ2) is 6.07. The number of hydrogen-bond acceptors (Lipinski definition) is 4. The summed E-state index contributed by atoms with van der Waals surface area (Å²) < 4.78 is 10.7. The summed E-state index contributed by atoms with van der Waals surface area (Å²) in [5, 5.41) is 6.81. The molecule has 0 radical (unpaired) electrons. The van der Waals surface area contributed by atoms with Crippen LogP contribution in [0.2, 0.25) is 0 Å². The van der Waals surface area contributed by atoms with E-state index >= 15 is 0 Å². The molecule has 1 aliphatic heterocycles. The molecule has 18 heavy (non-hydrogen) atoms. The second-order valence-electron chi connectivity index (χ2n) is 4.92. The van der Waals surface area contributed by atoms with Gasteiger partial charge in [0.15, 0.2) is 11.5 Å². The number of benzene rings is 1. The first-order chi connectivity index (χ1) is 8.66. The highest BCUT2D eigenvalue weighted by Crippen LogP contribution is 2.34. The predicted molar refractivity (Wildman–Crippen MR) is 72.1 cm³/mol. The number of aryl methyl sites for hydroxylation is 1. The van der Waals surface area contributed by atoms with E-state index in [1.807, 2.05) is 6.07 Å². The SMILES string of the molecule is Cc1cc2c(cc1CNCCNC(C)C)OCO2. The maximum Gasteiger partial charge on any atom is 0.231 e. The molecule has 0 aromatic heterocycles. The molecule has 1 aromatic carbocycles. The number of ether oxygens (including phenoxy) is 2. The Morgan fingerprint density at radius 3 is 2.61 bits per heavy atom. The third-order valence-corrected chi connectivity index (χ3v) is 3.00. The van der Waals surface area contributed by atoms with Gasteiger partial charge in [-0.05, 0) is 30.2 Å². The predicted octanol–water partition coefficient (Wildman–Crippen LogP) is 1.81. The number of hydrogen-bond donors (Lipinski definition) is 2. The molecule has 1 aromatic rings. The molecular formula is C14H22N2O2. The maximum absolute atomic E-state index is 5.39. The molecule has 0 amide bonds. The lowest BCUT2D eigenvalue weighted by molar-refractivity contribution is 0.174. The van der Waals surface area contributed by atoms with Crippen molar-refractivity contribution in [2.24, 2.45) is 0 Å². The van der Waals surface area contributed by atoms with E-state index < -0.39 is 0 Å². The molecule has 0 aliphatic carbocycles. The minimum Gasteiger partial charge on any atom is -0.454 e. The van der Waals surface area contributed by atoms with Gasteiger partial charge in [-0.3, -0.25) is 0 Å². The summed E-state index contributed by atoms with van der Waals surface area (Å²) in [6, 6.07) is 4.66. The summed E-state index contributed by atoms with van der Waals surface area (Å²) in [6.07, 6.45) is 0. The van der Waals surface area contributed by atoms with Crippen molar-refractivity contribution in [3.8, 4) is 11.5 Å². The number of fused-ring (bicyclic) bond motifs is 1. The first-order valence-corrected chi connectivity index (χ1v) is 6.50. The van der Waals surface area contributed by atoms with E-state index in [1.165, 1.54) is 11.1 Å². The Kier molecular flexibility index (Phi) is 4.44. The van der Waals surface area contributed by atoms with E-state index in [2.05, 4.69) is 37.5 Å². The van der Waals surface area contributed by atoms with Crippen LogP contribution >= 0.6 is 0 Å². The summed E-state index contributed by atoms with van der Waals surface area (Å²) >= 11 is 0. The topological polar surface area (TPSA) is 42.5 Å². The average Bonchev–Trinajstić information content (AvgIpc) is 2.75.